The Bertz CT molecular complexity index is 378. The van der Waals surface area contributed by atoms with Crippen molar-refractivity contribution >= 4 is 11.9 Å². The molecule has 5 heteroatoms. The van der Waals surface area contributed by atoms with Gasteiger partial charge in [0.1, 0.15) is 0 Å². The molecule has 0 amide bonds. The van der Waals surface area contributed by atoms with Crippen molar-refractivity contribution in [2.24, 2.45) is 0 Å². The fourth-order valence-corrected chi connectivity index (χ4v) is 1.14. The van der Waals surface area contributed by atoms with Gasteiger partial charge in [-0.05, 0) is 30.7 Å². The normalized spacial score (nSPS) is 9.24. The number of carboxylic acids is 1. The predicted molar refractivity (Wildman–Crippen MR) is 59.7 cm³/mol. The maximum absolute atomic E-state index is 11.4. The monoisotopic (exact) mass is 262 g/mol. The van der Waals surface area contributed by atoms with Crippen LogP contribution in [0, 0.1) is 0 Å². The second kappa shape index (κ2) is 8.82. The van der Waals surface area contributed by atoms with Gasteiger partial charge in [-0.15, -0.1) is 0 Å². The summed E-state index contributed by atoms with van der Waals surface area (Å²) in [5.74, 6) is -1.42. The molecular weight excluding hydrogens is 247 g/mol. The molecule has 0 saturated carbocycles. The van der Waals surface area contributed by atoms with Crippen LogP contribution < -0.4 is 51.4 Å². The Hall–Kier alpha value is -0.204. The van der Waals surface area contributed by atoms with Gasteiger partial charge in [-0.1, -0.05) is 13.3 Å². The van der Waals surface area contributed by atoms with Crippen molar-refractivity contribution < 1.29 is 72.2 Å². The molecule has 0 aromatic heterocycles. The molecule has 0 saturated heterocycles. The molecule has 0 atom stereocenters. The van der Waals surface area contributed by atoms with Gasteiger partial charge in [-0.25, -0.2) is 9.59 Å². The molecule has 1 N–H and O–H groups in total. The van der Waals surface area contributed by atoms with Crippen molar-refractivity contribution in [1.29, 1.82) is 0 Å². The van der Waals surface area contributed by atoms with Crippen LogP contribution in [0.15, 0.2) is 24.3 Å². The summed E-state index contributed by atoms with van der Waals surface area (Å²) < 4.78 is 4.98. The van der Waals surface area contributed by atoms with Crippen LogP contribution in [0.4, 0.5) is 0 Å². The number of carbonyl (C=O) groups excluding carboxylic acids is 1. The molecular formula is C12H15KO4. The molecule has 1 aromatic carbocycles. The summed E-state index contributed by atoms with van der Waals surface area (Å²) in [6.07, 6.45) is 1.80. The summed E-state index contributed by atoms with van der Waals surface area (Å²) in [5, 5.41) is 8.67. The molecule has 88 valence electrons. The Morgan fingerprint density at radius 1 is 1.24 bits per heavy atom. The van der Waals surface area contributed by atoms with Crippen LogP contribution in [-0.4, -0.2) is 23.7 Å². The first-order valence-corrected chi connectivity index (χ1v) is 5.15. The van der Waals surface area contributed by atoms with Gasteiger partial charge in [-0.3, -0.25) is 0 Å². The first kappa shape index (κ1) is 16.8. The zero-order valence-electron chi connectivity index (χ0n) is 11.1. The molecule has 0 aliphatic carbocycles. The van der Waals surface area contributed by atoms with Crippen LogP contribution in [0.25, 0.3) is 0 Å². The van der Waals surface area contributed by atoms with E-state index in [1.54, 1.807) is 0 Å². The Morgan fingerprint density at radius 2 is 1.76 bits per heavy atom. The van der Waals surface area contributed by atoms with E-state index < -0.39 is 11.9 Å². The number of carbonyl (C=O) groups is 2. The molecule has 17 heavy (non-hydrogen) atoms. The third-order valence-electron chi connectivity index (χ3n) is 2.10. The smallest absolute Gasteiger partial charge is 1.00 e. The van der Waals surface area contributed by atoms with Crippen LogP contribution in [0.1, 0.15) is 41.9 Å². The Balaban J connectivity index is 0. The molecule has 1 rings (SSSR count). The van der Waals surface area contributed by atoms with E-state index in [-0.39, 0.29) is 58.4 Å². The Labute approximate surface area is 144 Å². The number of rotatable bonds is 5. The molecule has 4 nitrogen and oxygen atoms in total. The minimum absolute atomic E-state index is 0. The van der Waals surface area contributed by atoms with E-state index >= 15 is 0 Å². The van der Waals surface area contributed by atoms with E-state index in [2.05, 4.69) is 0 Å². The van der Waals surface area contributed by atoms with E-state index in [0.29, 0.717) is 12.2 Å². The van der Waals surface area contributed by atoms with E-state index in [4.69, 9.17) is 9.84 Å². The first-order chi connectivity index (χ1) is 7.65. The van der Waals surface area contributed by atoms with Gasteiger partial charge in [-0.2, -0.15) is 0 Å². The van der Waals surface area contributed by atoms with Crippen molar-refractivity contribution in [3.8, 4) is 0 Å². The third-order valence-corrected chi connectivity index (χ3v) is 2.10. The third kappa shape index (κ3) is 5.79. The second-order valence-electron chi connectivity index (χ2n) is 3.37. The average molecular weight is 262 g/mol. The van der Waals surface area contributed by atoms with Crippen LogP contribution in [0.3, 0.4) is 0 Å². The van der Waals surface area contributed by atoms with Crippen LogP contribution in [0.2, 0.25) is 0 Å². The summed E-state index contributed by atoms with van der Waals surface area (Å²) >= 11 is 0. The molecule has 0 spiro atoms. The van der Waals surface area contributed by atoms with E-state index in [9.17, 15) is 9.59 Å². The van der Waals surface area contributed by atoms with Gasteiger partial charge >= 0.3 is 63.3 Å². The Morgan fingerprint density at radius 3 is 2.24 bits per heavy atom. The summed E-state index contributed by atoms with van der Waals surface area (Å²) in [6, 6.07) is 5.69. The van der Waals surface area contributed by atoms with E-state index in [0.717, 1.165) is 12.8 Å². The minimum atomic E-state index is -1.01. The number of esters is 1. The SMILES string of the molecule is CCCCOC(=O)c1ccc(C(=O)O)cc1.[H-].[K+]. The van der Waals surface area contributed by atoms with E-state index in [1.165, 1.54) is 24.3 Å². The van der Waals surface area contributed by atoms with Crippen molar-refractivity contribution in [3.05, 3.63) is 35.4 Å². The summed E-state index contributed by atoms with van der Waals surface area (Å²) in [4.78, 5) is 22.0. The van der Waals surface area contributed by atoms with Crippen LogP contribution in [0.5, 0.6) is 0 Å². The predicted octanol–water partition coefficient (Wildman–Crippen LogP) is -0.542. The number of benzene rings is 1. The van der Waals surface area contributed by atoms with Crippen LogP contribution in [-0.2, 0) is 4.74 Å². The number of hydrogen-bond donors (Lipinski definition) is 1. The molecule has 0 fully saturated rings. The fraction of sp³-hybridized carbons (Fsp3) is 0.333. The molecule has 0 aliphatic heterocycles. The van der Waals surface area contributed by atoms with Crippen molar-refractivity contribution in [2.75, 3.05) is 6.61 Å². The number of aromatic carboxylic acids is 1. The van der Waals surface area contributed by atoms with Crippen molar-refractivity contribution in [2.45, 2.75) is 19.8 Å². The number of ether oxygens (including phenoxy) is 1. The fourth-order valence-electron chi connectivity index (χ4n) is 1.14. The van der Waals surface area contributed by atoms with E-state index in [1.807, 2.05) is 6.92 Å². The second-order valence-corrected chi connectivity index (χ2v) is 3.37. The number of carboxylic acid groups (broad SMARTS) is 1. The average Bonchev–Trinajstić information content (AvgIpc) is 2.29. The molecule has 1 aromatic rings. The zero-order valence-corrected chi connectivity index (χ0v) is 13.2. The van der Waals surface area contributed by atoms with Gasteiger partial charge < -0.3 is 11.3 Å². The quantitative estimate of drug-likeness (QED) is 0.440. The summed E-state index contributed by atoms with van der Waals surface area (Å²) in [6.45, 7) is 2.41. The van der Waals surface area contributed by atoms with Crippen LogP contribution >= 0.6 is 0 Å². The maximum atomic E-state index is 11.4. The largest absolute Gasteiger partial charge is 1.00 e. The standard InChI is InChI=1S/C12H14O4.K.H/c1-2-3-8-16-12(15)10-6-4-9(5-7-10)11(13)14;;/h4-7H,2-3,8H2,1H3,(H,13,14);;/q;+1;-1. The molecule has 0 aliphatic rings. The minimum Gasteiger partial charge on any atom is -1.00 e. The maximum Gasteiger partial charge on any atom is 1.00 e. The topological polar surface area (TPSA) is 63.6 Å². The summed E-state index contributed by atoms with van der Waals surface area (Å²) in [7, 11) is 0. The molecule has 0 heterocycles. The van der Waals surface area contributed by atoms with Crippen molar-refractivity contribution in [1.82, 2.24) is 0 Å². The summed E-state index contributed by atoms with van der Waals surface area (Å²) in [5.41, 5.74) is 0.534. The van der Waals surface area contributed by atoms with Gasteiger partial charge in [0.2, 0.25) is 0 Å². The number of hydrogen-bond acceptors (Lipinski definition) is 3. The van der Waals surface area contributed by atoms with Crippen molar-refractivity contribution in [3.63, 3.8) is 0 Å². The Kier molecular flexibility index (Phi) is 8.72. The van der Waals surface area contributed by atoms with Gasteiger partial charge in [0.05, 0.1) is 17.7 Å². The number of unbranched alkanes of at least 4 members (excludes halogenated alkanes) is 1. The van der Waals surface area contributed by atoms with Gasteiger partial charge in [0.25, 0.3) is 0 Å². The zero-order chi connectivity index (χ0) is 12.0. The van der Waals surface area contributed by atoms with Gasteiger partial charge in [0, 0.05) is 0 Å². The molecule has 0 radical (unpaired) electrons. The molecule has 0 bridgehead atoms. The van der Waals surface area contributed by atoms with Gasteiger partial charge in [0.15, 0.2) is 0 Å². The molecule has 0 unspecified atom stereocenters. The first-order valence-electron chi connectivity index (χ1n) is 5.15.